The highest BCUT2D eigenvalue weighted by Gasteiger charge is 2.41. The molecular weight excluding hydrogens is 559 g/mol. The van der Waals surface area contributed by atoms with Crippen LogP contribution in [0.1, 0.15) is 20.7 Å². The second-order valence-corrected chi connectivity index (χ2v) is 8.40. The minimum atomic E-state index is -2.38. The molecule has 0 saturated carbocycles. The summed E-state index contributed by atoms with van der Waals surface area (Å²) in [6, 6.07) is 14.4. The number of aliphatic carboxylic acids is 1. The number of carboxylic acids is 1. The summed E-state index contributed by atoms with van der Waals surface area (Å²) in [6.45, 7) is 0. The average Bonchev–Trinajstić information content (AvgIpc) is 2.90. The molecule has 2 atom stereocenters. The Morgan fingerprint density at radius 2 is 1.38 bits per heavy atom. The Bertz CT molecular complexity index is 1450. The lowest BCUT2D eigenvalue weighted by atomic mass is 10.1. The SMILES string of the molecule is COc1ccc([N+](=O)[O-])cc1NC(=O)[C@@H](OC(=O)c1ccccc1Cl)[C@H](OC(=O)c1ccccc1Cl)C(=O)O. The van der Waals surface area contributed by atoms with E-state index >= 15 is 0 Å². The Morgan fingerprint density at radius 3 is 1.85 bits per heavy atom. The molecule has 3 rings (SSSR count). The highest BCUT2D eigenvalue weighted by atomic mass is 35.5. The van der Waals surface area contributed by atoms with E-state index in [1.54, 1.807) is 0 Å². The maximum absolute atomic E-state index is 13.3. The summed E-state index contributed by atoms with van der Waals surface area (Å²) < 4.78 is 15.3. The van der Waals surface area contributed by atoms with Gasteiger partial charge in [-0.15, -0.1) is 0 Å². The number of nitro groups is 1. The van der Waals surface area contributed by atoms with Crippen LogP contribution in [0.15, 0.2) is 66.7 Å². The lowest BCUT2D eigenvalue weighted by Gasteiger charge is -2.24. The van der Waals surface area contributed by atoms with Gasteiger partial charge in [-0.25, -0.2) is 14.4 Å². The summed E-state index contributed by atoms with van der Waals surface area (Å²) in [5, 5.41) is 23.2. The van der Waals surface area contributed by atoms with Crippen LogP contribution in [-0.2, 0) is 19.1 Å². The van der Waals surface area contributed by atoms with Gasteiger partial charge < -0.3 is 24.6 Å². The molecule has 0 radical (unpaired) electrons. The number of halogens is 2. The number of methoxy groups -OCH3 is 1. The number of nitro benzene ring substituents is 1. The minimum Gasteiger partial charge on any atom is -0.495 e. The number of nitrogens with one attached hydrogen (secondary N) is 1. The summed E-state index contributed by atoms with van der Waals surface area (Å²) >= 11 is 12.0. The van der Waals surface area contributed by atoms with Crippen molar-refractivity contribution in [1.29, 1.82) is 0 Å². The number of ether oxygens (including phenoxy) is 3. The largest absolute Gasteiger partial charge is 0.495 e. The Kier molecular flexibility index (Phi) is 9.42. The Balaban J connectivity index is 2.02. The molecule has 0 aliphatic rings. The molecule has 0 heterocycles. The summed E-state index contributed by atoms with van der Waals surface area (Å²) in [6.07, 6.45) is -4.69. The normalized spacial score (nSPS) is 12.0. The molecule has 1 amide bonds. The molecule has 39 heavy (non-hydrogen) atoms. The van der Waals surface area contributed by atoms with Gasteiger partial charge in [-0.3, -0.25) is 14.9 Å². The van der Waals surface area contributed by atoms with Crippen molar-refractivity contribution in [3.8, 4) is 5.75 Å². The smallest absolute Gasteiger partial charge is 0.349 e. The van der Waals surface area contributed by atoms with Gasteiger partial charge in [-0.05, 0) is 30.3 Å². The third-order valence-corrected chi connectivity index (χ3v) is 5.74. The Labute approximate surface area is 230 Å². The predicted octanol–water partition coefficient (Wildman–Crippen LogP) is 4.38. The van der Waals surface area contributed by atoms with Crippen LogP contribution in [0, 0.1) is 10.1 Å². The van der Waals surface area contributed by atoms with Gasteiger partial charge in [-0.2, -0.15) is 0 Å². The number of carbonyl (C=O) groups is 4. The second kappa shape index (κ2) is 12.7. The van der Waals surface area contributed by atoms with Gasteiger partial charge in [-0.1, -0.05) is 47.5 Å². The van der Waals surface area contributed by atoms with Crippen molar-refractivity contribution in [1.82, 2.24) is 0 Å². The third kappa shape index (κ3) is 7.00. The van der Waals surface area contributed by atoms with Crippen molar-refractivity contribution in [2.45, 2.75) is 12.2 Å². The summed E-state index contributed by atoms with van der Waals surface area (Å²) in [7, 11) is 1.22. The first-order chi connectivity index (χ1) is 18.5. The molecule has 12 nitrogen and oxygen atoms in total. The number of hydrogen-bond acceptors (Lipinski definition) is 9. The van der Waals surface area contributed by atoms with E-state index in [0.717, 1.165) is 12.1 Å². The van der Waals surface area contributed by atoms with Crippen LogP contribution < -0.4 is 10.1 Å². The molecule has 3 aromatic carbocycles. The zero-order valence-corrected chi connectivity index (χ0v) is 21.3. The molecule has 0 aliphatic carbocycles. The van der Waals surface area contributed by atoms with Crippen LogP contribution in [0.4, 0.5) is 11.4 Å². The molecule has 0 unspecified atom stereocenters. The lowest BCUT2D eigenvalue weighted by molar-refractivity contribution is -0.384. The zero-order valence-electron chi connectivity index (χ0n) is 19.8. The molecule has 0 bridgehead atoms. The monoisotopic (exact) mass is 576 g/mol. The standard InChI is InChI=1S/C25H18Cl2N2O10/c1-37-19-11-10-13(29(35)36)12-18(19)28-22(30)20(38-24(33)14-6-2-4-8-16(14)26)21(23(31)32)39-25(34)15-7-3-5-9-17(15)27/h2-12,20-21H,1H3,(H,28,30)(H,31,32)/t20-,21-/m0/s1. The molecule has 0 aliphatic heterocycles. The number of carboxylic acid groups (broad SMARTS) is 1. The minimum absolute atomic E-state index is 0.0370. The number of rotatable bonds is 10. The van der Waals surface area contributed by atoms with E-state index in [1.165, 1.54) is 61.7 Å². The first-order valence-electron chi connectivity index (χ1n) is 10.8. The Morgan fingerprint density at radius 1 is 0.872 bits per heavy atom. The van der Waals surface area contributed by atoms with Crippen molar-refractivity contribution in [2.75, 3.05) is 12.4 Å². The zero-order chi connectivity index (χ0) is 28.7. The van der Waals surface area contributed by atoms with Gasteiger partial charge in [0.25, 0.3) is 11.6 Å². The van der Waals surface area contributed by atoms with Crippen LogP contribution in [0.5, 0.6) is 5.75 Å². The van der Waals surface area contributed by atoms with Crippen LogP contribution >= 0.6 is 23.2 Å². The molecule has 0 aromatic heterocycles. The fraction of sp³-hybridized carbons (Fsp3) is 0.120. The summed E-state index contributed by atoms with van der Waals surface area (Å²) in [5.41, 5.74) is -1.12. The van der Waals surface area contributed by atoms with Gasteiger partial charge in [0, 0.05) is 12.1 Å². The molecular formula is C25H18Cl2N2O10. The van der Waals surface area contributed by atoms with E-state index < -0.39 is 46.6 Å². The van der Waals surface area contributed by atoms with Crippen LogP contribution in [0.2, 0.25) is 10.0 Å². The number of carbonyl (C=O) groups excluding carboxylic acids is 3. The topological polar surface area (TPSA) is 171 Å². The second-order valence-electron chi connectivity index (χ2n) is 7.58. The van der Waals surface area contributed by atoms with E-state index in [2.05, 4.69) is 5.32 Å². The van der Waals surface area contributed by atoms with Crippen molar-refractivity contribution in [3.63, 3.8) is 0 Å². The molecule has 3 aromatic rings. The van der Waals surface area contributed by atoms with Gasteiger partial charge in [0.15, 0.2) is 0 Å². The fourth-order valence-electron chi connectivity index (χ4n) is 3.22. The number of nitrogens with zero attached hydrogens (tertiary/aromatic N) is 1. The number of hydrogen-bond donors (Lipinski definition) is 2. The van der Waals surface area contributed by atoms with Gasteiger partial charge in [0.1, 0.15) is 5.75 Å². The number of benzene rings is 3. The predicted molar refractivity (Wildman–Crippen MR) is 137 cm³/mol. The van der Waals surface area contributed by atoms with Crippen molar-refractivity contribution >= 4 is 58.4 Å². The van der Waals surface area contributed by atoms with Crippen molar-refractivity contribution in [2.24, 2.45) is 0 Å². The third-order valence-electron chi connectivity index (χ3n) is 5.08. The highest BCUT2D eigenvalue weighted by Crippen LogP contribution is 2.30. The highest BCUT2D eigenvalue weighted by molar-refractivity contribution is 6.34. The fourth-order valence-corrected chi connectivity index (χ4v) is 3.64. The van der Waals surface area contributed by atoms with E-state index in [0.29, 0.717) is 0 Å². The molecule has 202 valence electrons. The van der Waals surface area contributed by atoms with Gasteiger partial charge in [0.2, 0.25) is 12.2 Å². The van der Waals surface area contributed by atoms with E-state index in [4.69, 9.17) is 37.4 Å². The maximum atomic E-state index is 13.3. The molecule has 0 fully saturated rings. The molecule has 0 saturated heterocycles. The van der Waals surface area contributed by atoms with E-state index in [9.17, 15) is 34.4 Å². The van der Waals surface area contributed by atoms with Crippen molar-refractivity contribution < 1.29 is 43.4 Å². The maximum Gasteiger partial charge on any atom is 0.349 e. The van der Waals surface area contributed by atoms with E-state index in [-0.39, 0.29) is 32.6 Å². The first kappa shape index (κ1) is 28.9. The number of anilines is 1. The molecule has 0 spiro atoms. The Hall–Kier alpha value is -4.68. The first-order valence-corrected chi connectivity index (χ1v) is 11.6. The van der Waals surface area contributed by atoms with Crippen LogP contribution in [0.25, 0.3) is 0 Å². The number of non-ortho nitro benzene ring substituents is 1. The summed E-state index contributed by atoms with van der Waals surface area (Å²) in [4.78, 5) is 61.6. The quantitative estimate of drug-likeness (QED) is 0.200. The van der Waals surface area contributed by atoms with Crippen molar-refractivity contribution in [3.05, 3.63) is 98.0 Å². The lowest BCUT2D eigenvalue weighted by Crippen LogP contribution is -2.48. The molecule has 14 heteroatoms. The van der Waals surface area contributed by atoms with Crippen LogP contribution in [0.3, 0.4) is 0 Å². The number of amides is 1. The molecule has 2 N–H and O–H groups in total. The average molecular weight is 577 g/mol. The van der Waals surface area contributed by atoms with Crippen LogP contribution in [-0.4, -0.2) is 53.2 Å². The van der Waals surface area contributed by atoms with Gasteiger partial charge >= 0.3 is 17.9 Å². The van der Waals surface area contributed by atoms with Gasteiger partial charge in [0.05, 0.1) is 38.9 Å². The number of esters is 2. The van der Waals surface area contributed by atoms with E-state index in [1.807, 2.05) is 0 Å². The summed E-state index contributed by atoms with van der Waals surface area (Å²) in [5.74, 6) is -5.65.